The minimum atomic E-state index is -0.191. The highest BCUT2D eigenvalue weighted by Gasteiger charge is 2.24. The van der Waals surface area contributed by atoms with Crippen LogP contribution in [0.2, 0.25) is 0 Å². The summed E-state index contributed by atoms with van der Waals surface area (Å²) in [5.74, 6) is 0. The van der Waals surface area contributed by atoms with Crippen molar-refractivity contribution in [2.45, 2.75) is 50.9 Å². The molecule has 2 N–H and O–H groups in total. The molecule has 0 aromatic rings. The van der Waals surface area contributed by atoms with Gasteiger partial charge >= 0.3 is 0 Å². The van der Waals surface area contributed by atoms with Crippen molar-refractivity contribution in [2.75, 3.05) is 19.3 Å². The summed E-state index contributed by atoms with van der Waals surface area (Å²) in [5, 5.41) is 12.8. The van der Waals surface area contributed by atoms with E-state index in [1.807, 2.05) is 18.7 Å². The zero-order valence-electron chi connectivity index (χ0n) is 9.97. The summed E-state index contributed by atoms with van der Waals surface area (Å²) in [5.41, 5.74) is 0. The van der Waals surface area contributed by atoms with Crippen LogP contribution in [-0.2, 0) is 0 Å². The Morgan fingerprint density at radius 3 is 2.21 bits per heavy atom. The number of hydrogen-bond donors (Lipinski definition) is 2. The van der Waals surface area contributed by atoms with E-state index in [-0.39, 0.29) is 6.10 Å². The highest BCUT2D eigenvalue weighted by molar-refractivity contribution is 8.00. The van der Waals surface area contributed by atoms with Crippen LogP contribution in [0.3, 0.4) is 0 Å². The van der Waals surface area contributed by atoms with Gasteiger partial charge in [-0.2, -0.15) is 11.8 Å². The highest BCUT2D eigenvalue weighted by Crippen LogP contribution is 2.29. The molecule has 0 heterocycles. The number of rotatable bonds is 8. The average molecular weight is 219 g/mol. The maximum atomic E-state index is 9.40. The summed E-state index contributed by atoms with van der Waals surface area (Å²) in [4.78, 5) is 0. The monoisotopic (exact) mass is 219 g/mol. The van der Waals surface area contributed by atoms with E-state index in [0.717, 1.165) is 19.5 Å². The molecule has 2 nitrogen and oxygen atoms in total. The van der Waals surface area contributed by atoms with Gasteiger partial charge in [-0.15, -0.1) is 0 Å². The zero-order chi connectivity index (χ0) is 11.0. The van der Waals surface area contributed by atoms with E-state index in [4.69, 9.17) is 0 Å². The third kappa shape index (κ3) is 4.67. The largest absolute Gasteiger partial charge is 0.392 e. The minimum absolute atomic E-state index is 0.191. The van der Waals surface area contributed by atoms with E-state index in [1.54, 1.807) is 0 Å². The number of nitrogens with one attached hydrogen (secondary N) is 1. The third-order valence-electron chi connectivity index (χ3n) is 3.02. The second-order valence-corrected chi connectivity index (χ2v) is 5.06. The summed E-state index contributed by atoms with van der Waals surface area (Å²) < 4.78 is 0.355. The summed E-state index contributed by atoms with van der Waals surface area (Å²) in [6.07, 6.45) is 5.17. The number of aliphatic hydroxyl groups excluding tert-OH is 1. The van der Waals surface area contributed by atoms with Gasteiger partial charge in [0.1, 0.15) is 0 Å². The normalized spacial score (nSPS) is 14.4. The Bertz CT molecular complexity index is 129. The summed E-state index contributed by atoms with van der Waals surface area (Å²) in [6, 6.07) is 0. The number of thioether (sulfide) groups is 1. The molecule has 86 valence electrons. The van der Waals surface area contributed by atoms with Crippen LogP contribution < -0.4 is 5.32 Å². The van der Waals surface area contributed by atoms with Gasteiger partial charge in [-0.25, -0.2) is 0 Å². The second-order valence-electron chi connectivity index (χ2n) is 3.79. The van der Waals surface area contributed by atoms with Crippen LogP contribution in [0.15, 0.2) is 0 Å². The van der Waals surface area contributed by atoms with Gasteiger partial charge < -0.3 is 10.4 Å². The molecule has 1 atom stereocenters. The molecule has 0 aromatic heterocycles. The molecule has 3 heteroatoms. The summed E-state index contributed by atoms with van der Waals surface area (Å²) >= 11 is 1.93. The quantitative estimate of drug-likeness (QED) is 0.657. The van der Waals surface area contributed by atoms with Crippen molar-refractivity contribution in [3.8, 4) is 0 Å². The van der Waals surface area contributed by atoms with Crippen molar-refractivity contribution >= 4 is 11.8 Å². The minimum Gasteiger partial charge on any atom is -0.392 e. The van der Waals surface area contributed by atoms with E-state index in [0.29, 0.717) is 4.75 Å². The lowest BCUT2D eigenvalue weighted by Gasteiger charge is -2.30. The Morgan fingerprint density at radius 1 is 1.29 bits per heavy atom. The maximum Gasteiger partial charge on any atom is 0.0662 e. The van der Waals surface area contributed by atoms with Gasteiger partial charge in [-0.05, 0) is 25.5 Å². The van der Waals surface area contributed by atoms with Crippen LogP contribution in [0.25, 0.3) is 0 Å². The Balaban J connectivity index is 3.82. The Labute approximate surface area is 92.9 Å². The van der Waals surface area contributed by atoms with Crippen LogP contribution in [0.5, 0.6) is 0 Å². The molecule has 14 heavy (non-hydrogen) atoms. The Hall–Kier alpha value is 0.270. The fraction of sp³-hybridized carbons (Fsp3) is 1.00. The number of aliphatic hydroxyl groups is 1. The fourth-order valence-electron chi connectivity index (χ4n) is 1.47. The topological polar surface area (TPSA) is 32.3 Å². The SMILES string of the molecule is CCC(O)CNCC(CC)(CC)SC. The molecule has 0 saturated heterocycles. The van der Waals surface area contributed by atoms with E-state index in [2.05, 4.69) is 25.4 Å². The first-order chi connectivity index (χ1) is 6.64. The van der Waals surface area contributed by atoms with Crippen molar-refractivity contribution in [2.24, 2.45) is 0 Å². The van der Waals surface area contributed by atoms with Gasteiger partial charge in [0.15, 0.2) is 0 Å². The van der Waals surface area contributed by atoms with Crippen molar-refractivity contribution in [3.05, 3.63) is 0 Å². The second kappa shape index (κ2) is 7.55. The zero-order valence-corrected chi connectivity index (χ0v) is 10.8. The molecule has 0 aliphatic carbocycles. The lowest BCUT2D eigenvalue weighted by molar-refractivity contribution is 0.166. The average Bonchev–Trinajstić information content (AvgIpc) is 2.25. The Kier molecular flexibility index (Phi) is 7.69. The molecule has 0 rings (SSSR count). The summed E-state index contributed by atoms with van der Waals surface area (Å²) in [7, 11) is 0. The van der Waals surface area contributed by atoms with Gasteiger partial charge in [0.05, 0.1) is 6.10 Å². The van der Waals surface area contributed by atoms with Crippen LogP contribution in [-0.4, -0.2) is 35.3 Å². The lowest BCUT2D eigenvalue weighted by atomic mass is 10.0. The molecule has 0 spiro atoms. The third-order valence-corrected chi connectivity index (χ3v) is 4.61. The molecule has 0 bridgehead atoms. The molecule has 0 aliphatic rings. The van der Waals surface area contributed by atoms with Gasteiger partial charge in [-0.1, -0.05) is 20.8 Å². The first-order valence-electron chi connectivity index (χ1n) is 5.58. The van der Waals surface area contributed by atoms with Crippen molar-refractivity contribution in [3.63, 3.8) is 0 Å². The van der Waals surface area contributed by atoms with Crippen LogP contribution >= 0.6 is 11.8 Å². The highest BCUT2D eigenvalue weighted by atomic mass is 32.2. The molecule has 0 radical (unpaired) electrons. The van der Waals surface area contributed by atoms with Crippen molar-refractivity contribution in [1.29, 1.82) is 0 Å². The molecular formula is C11H25NOS. The van der Waals surface area contributed by atoms with Crippen LogP contribution in [0, 0.1) is 0 Å². The van der Waals surface area contributed by atoms with Crippen molar-refractivity contribution < 1.29 is 5.11 Å². The van der Waals surface area contributed by atoms with E-state index in [1.165, 1.54) is 12.8 Å². The lowest BCUT2D eigenvalue weighted by Crippen LogP contribution is -2.39. The first kappa shape index (κ1) is 14.3. The molecule has 0 aromatic carbocycles. The molecule has 0 amide bonds. The van der Waals surface area contributed by atoms with Crippen LogP contribution in [0.1, 0.15) is 40.0 Å². The predicted molar refractivity (Wildman–Crippen MR) is 66.0 cm³/mol. The maximum absolute atomic E-state index is 9.40. The van der Waals surface area contributed by atoms with E-state index >= 15 is 0 Å². The van der Waals surface area contributed by atoms with E-state index in [9.17, 15) is 5.11 Å². The summed E-state index contributed by atoms with van der Waals surface area (Å²) in [6.45, 7) is 8.20. The van der Waals surface area contributed by atoms with Crippen LogP contribution in [0.4, 0.5) is 0 Å². The molecule has 0 aliphatic heterocycles. The molecule has 0 fully saturated rings. The first-order valence-corrected chi connectivity index (χ1v) is 6.80. The van der Waals surface area contributed by atoms with Gasteiger partial charge in [0.25, 0.3) is 0 Å². The van der Waals surface area contributed by atoms with Gasteiger partial charge in [0.2, 0.25) is 0 Å². The van der Waals surface area contributed by atoms with Gasteiger partial charge in [0, 0.05) is 17.8 Å². The Morgan fingerprint density at radius 2 is 1.86 bits per heavy atom. The predicted octanol–water partition coefficient (Wildman–Crippen LogP) is 2.27. The number of hydrogen-bond acceptors (Lipinski definition) is 3. The smallest absolute Gasteiger partial charge is 0.0662 e. The molecule has 1 unspecified atom stereocenters. The van der Waals surface area contributed by atoms with Gasteiger partial charge in [-0.3, -0.25) is 0 Å². The molecule has 0 saturated carbocycles. The van der Waals surface area contributed by atoms with Crippen molar-refractivity contribution in [1.82, 2.24) is 5.32 Å². The standard InChI is InChI=1S/C11H25NOS/c1-5-10(13)8-12-9-11(6-2,7-3)14-4/h10,12-13H,5-9H2,1-4H3. The van der Waals surface area contributed by atoms with E-state index < -0.39 is 0 Å². The fourth-order valence-corrected chi connectivity index (χ4v) is 2.30. The molecular weight excluding hydrogens is 194 g/mol.